The third-order valence-electron chi connectivity index (χ3n) is 5.03. The number of benzene rings is 1. The van der Waals surface area contributed by atoms with Gasteiger partial charge in [-0.05, 0) is 26.0 Å². The number of phenolic OH excluding ortho intramolecular Hbond substituents is 1. The lowest BCUT2D eigenvalue weighted by molar-refractivity contribution is -0.213. The van der Waals surface area contributed by atoms with E-state index in [-0.39, 0.29) is 18.8 Å². The fourth-order valence-corrected chi connectivity index (χ4v) is 3.35. The first-order valence-corrected chi connectivity index (χ1v) is 8.75. The molecule has 0 amide bonds. The van der Waals surface area contributed by atoms with Crippen LogP contribution in [0.1, 0.15) is 31.2 Å². The molecule has 0 bridgehead atoms. The third kappa shape index (κ3) is 4.28. The van der Waals surface area contributed by atoms with Crippen molar-refractivity contribution in [1.82, 2.24) is 5.32 Å². The van der Waals surface area contributed by atoms with Gasteiger partial charge in [0.05, 0.1) is 19.8 Å². The van der Waals surface area contributed by atoms with Gasteiger partial charge in [0.2, 0.25) is 0 Å². The van der Waals surface area contributed by atoms with E-state index >= 15 is 0 Å². The van der Waals surface area contributed by atoms with E-state index in [0.29, 0.717) is 24.2 Å². The van der Waals surface area contributed by atoms with Gasteiger partial charge in [0, 0.05) is 5.56 Å². The number of hydrogen-bond acceptors (Lipinski definition) is 8. The van der Waals surface area contributed by atoms with Crippen molar-refractivity contribution >= 4 is 0 Å². The van der Waals surface area contributed by atoms with Gasteiger partial charge in [-0.1, -0.05) is 25.0 Å². The first kappa shape index (κ1) is 20.9. The van der Waals surface area contributed by atoms with Crippen LogP contribution in [-0.2, 0) is 11.3 Å². The average molecular weight is 371 g/mol. The van der Waals surface area contributed by atoms with E-state index in [0.717, 1.165) is 6.42 Å². The number of ether oxygens (including phenoxy) is 2. The lowest BCUT2D eigenvalue weighted by atomic mass is 9.76. The predicted octanol–water partition coefficient (Wildman–Crippen LogP) is -0.149. The Hall–Kier alpha value is -1.42. The number of aliphatic hydroxyl groups excluding tert-OH is 3. The Balaban J connectivity index is 2.05. The number of rotatable bonds is 8. The Morgan fingerprint density at radius 1 is 1.31 bits per heavy atom. The molecule has 1 saturated carbocycles. The zero-order valence-corrected chi connectivity index (χ0v) is 15.1. The summed E-state index contributed by atoms with van der Waals surface area (Å²) in [5.74, 6) is 0.230. The van der Waals surface area contributed by atoms with Crippen molar-refractivity contribution in [3.05, 3.63) is 23.8 Å². The molecule has 148 valence electrons. The van der Waals surface area contributed by atoms with Gasteiger partial charge in [-0.2, -0.15) is 0 Å². The van der Waals surface area contributed by atoms with Crippen LogP contribution < -0.4 is 10.1 Å². The summed E-state index contributed by atoms with van der Waals surface area (Å²) < 4.78 is 10.6. The van der Waals surface area contributed by atoms with Gasteiger partial charge in [0.15, 0.2) is 11.5 Å². The van der Waals surface area contributed by atoms with Crippen molar-refractivity contribution < 1.29 is 35.0 Å². The lowest BCUT2D eigenvalue weighted by Crippen LogP contribution is -2.62. The first-order valence-electron chi connectivity index (χ1n) is 8.75. The first-order chi connectivity index (χ1) is 12.3. The summed E-state index contributed by atoms with van der Waals surface area (Å²) in [6, 6.07) is 4.94. The summed E-state index contributed by atoms with van der Waals surface area (Å²) in [6.07, 6.45) is -3.23. The number of likely N-dealkylation sites (N-methyl/N-ethyl adjacent to an activating group) is 1. The fourth-order valence-electron chi connectivity index (χ4n) is 3.35. The van der Waals surface area contributed by atoms with Gasteiger partial charge in [-0.25, -0.2) is 0 Å². The Bertz CT molecular complexity index is 585. The second kappa shape index (κ2) is 8.98. The molecule has 1 aliphatic rings. The van der Waals surface area contributed by atoms with Crippen LogP contribution in [0.4, 0.5) is 0 Å². The highest BCUT2D eigenvalue weighted by Crippen LogP contribution is 2.34. The van der Waals surface area contributed by atoms with Gasteiger partial charge in [0.1, 0.15) is 24.0 Å². The van der Waals surface area contributed by atoms with Gasteiger partial charge < -0.3 is 35.0 Å². The van der Waals surface area contributed by atoms with Crippen molar-refractivity contribution in [2.75, 3.05) is 14.2 Å². The lowest BCUT2D eigenvalue weighted by Gasteiger charge is -2.43. The minimum absolute atomic E-state index is 0.0562. The average Bonchev–Trinajstić information content (AvgIpc) is 2.65. The van der Waals surface area contributed by atoms with E-state index in [1.54, 1.807) is 18.2 Å². The molecular formula is C18H29NO7. The highest BCUT2D eigenvalue weighted by Gasteiger charge is 2.48. The molecule has 1 aromatic rings. The van der Waals surface area contributed by atoms with Crippen LogP contribution in [0.5, 0.6) is 11.5 Å². The number of aliphatic hydroxyl groups is 4. The highest BCUT2D eigenvalue weighted by atomic mass is 16.5. The van der Waals surface area contributed by atoms with Crippen LogP contribution in [-0.4, -0.2) is 69.8 Å². The Kier molecular flexibility index (Phi) is 7.22. The number of methoxy groups -OCH3 is 1. The molecule has 5 unspecified atom stereocenters. The van der Waals surface area contributed by atoms with Gasteiger partial charge >= 0.3 is 0 Å². The molecule has 8 nitrogen and oxygen atoms in total. The Labute approximate surface area is 153 Å². The molecule has 26 heavy (non-hydrogen) atoms. The summed E-state index contributed by atoms with van der Waals surface area (Å²) in [5, 5.41) is 54.4. The van der Waals surface area contributed by atoms with Crippen LogP contribution in [0.25, 0.3) is 0 Å². The maximum absolute atomic E-state index is 10.6. The smallest absolute Gasteiger partial charge is 0.163 e. The van der Waals surface area contributed by atoms with E-state index in [4.69, 9.17) is 9.47 Å². The minimum Gasteiger partial charge on any atom is -0.504 e. The molecule has 0 radical (unpaired) electrons. The van der Waals surface area contributed by atoms with Crippen molar-refractivity contribution in [2.24, 2.45) is 0 Å². The number of aromatic hydroxyl groups is 1. The summed E-state index contributed by atoms with van der Waals surface area (Å²) in [6.45, 7) is -0.0562. The van der Waals surface area contributed by atoms with E-state index in [2.05, 4.69) is 5.32 Å². The fraction of sp³-hybridized carbons (Fsp3) is 0.667. The second-order valence-corrected chi connectivity index (χ2v) is 6.68. The maximum atomic E-state index is 10.6. The summed E-state index contributed by atoms with van der Waals surface area (Å²) in [7, 11) is 2.97. The SMILES string of the molecule is CNC(OCc1cccc(OC)c1O)C(O)C(O)C1(O)CCCCC1O. The van der Waals surface area contributed by atoms with Gasteiger partial charge in [0.25, 0.3) is 0 Å². The summed E-state index contributed by atoms with van der Waals surface area (Å²) in [5.41, 5.74) is -1.34. The monoisotopic (exact) mass is 371 g/mol. The molecule has 8 heteroatoms. The van der Waals surface area contributed by atoms with Crippen molar-refractivity contribution in [2.45, 2.75) is 62.4 Å². The van der Waals surface area contributed by atoms with Gasteiger partial charge in [-0.3, -0.25) is 5.32 Å². The molecule has 0 saturated heterocycles. The van der Waals surface area contributed by atoms with Crippen LogP contribution in [0.2, 0.25) is 0 Å². The molecule has 2 rings (SSSR count). The van der Waals surface area contributed by atoms with E-state index < -0.39 is 30.1 Å². The third-order valence-corrected chi connectivity index (χ3v) is 5.03. The predicted molar refractivity (Wildman–Crippen MR) is 93.7 cm³/mol. The van der Waals surface area contributed by atoms with Crippen molar-refractivity contribution in [3.63, 3.8) is 0 Å². The highest BCUT2D eigenvalue weighted by molar-refractivity contribution is 5.44. The van der Waals surface area contributed by atoms with Gasteiger partial charge in [-0.15, -0.1) is 0 Å². The molecule has 0 heterocycles. The second-order valence-electron chi connectivity index (χ2n) is 6.68. The molecule has 1 fully saturated rings. The number of phenols is 1. The summed E-state index contributed by atoms with van der Waals surface area (Å²) >= 11 is 0. The maximum Gasteiger partial charge on any atom is 0.163 e. The molecule has 1 aromatic carbocycles. The normalized spacial score (nSPS) is 26.9. The standard InChI is InChI=1S/C18H29NO7/c1-19-17(26-10-11-6-5-7-12(25-2)14(11)21)15(22)16(23)18(24)9-4-3-8-13(18)20/h5-7,13,15-17,19-24H,3-4,8-10H2,1-2H3. The number of para-hydroxylation sites is 1. The Morgan fingerprint density at radius 2 is 2.04 bits per heavy atom. The quantitative estimate of drug-likeness (QED) is 0.348. The van der Waals surface area contributed by atoms with Crippen LogP contribution in [0.3, 0.4) is 0 Å². The molecule has 5 atom stereocenters. The van der Waals surface area contributed by atoms with Crippen molar-refractivity contribution in [3.8, 4) is 11.5 Å². The van der Waals surface area contributed by atoms with Crippen LogP contribution in [0.15, 0.2) is 18.2 Å². The Morgan fingerprint density at radius 3 is 2.65 bits per heavy atom. The molecule has 0 spiro atoms. The topological polar surface area (TPSA) is 132 Å². The summed E-state index contributed by atoms with van der Waals surface area (Å²) in [4.78, 5) is 0. The molecule has 0 aliphatic heterocycles. The van der Waals surface area contributed by atoms with E-state index in [1.807, 2.05) is 0 Å². The minimum atomic E-state index is -1.78. The zero-order chi connectivity index (χ0) is 19.3. The molecule has 6 N–H and O–H groups in total. The van der Waals surface area contributed by atoms with Crippen LogP contribution in [0, 0.1) is 0 Å². The van der Waals surface area contributed by atoms with E-state index in [1.165, 1.54) is 14.2 Å². The number of hydrogen-bond donors (Lipinski definition) is 6. The molecule has 1 aliphatic carbocycles. The van der Waals surface area contributed by atoms with Crippen LogP contribution >= 0.6 is 0 Å². The van der Waals surface area contributed by atoms with Crippen molar-refractivity contribution in [1.29, 1.82) is 0 Å². The largest absolute Gasteiger partial charge is 0.504 e. The number of nitrogens with one attached hydrogen (secondary N) is 1. The molecular weight excluding hydrogens is 342 g/mol. The molecule has 0 aromatic heterocycles. The zero-order valence-electron chi connectivity index (χ0n) is 15.1. The van der Waals surface area contributed by atoms with E-state index in [9.17, 15) is 25.5 Å².